The van der Waals surface area contributed by atoms with Crippen molar-refractivity contribution in [3.8, 4) is 11.5 Å². The van der Waals surface area contributed by atoms with E-state index in [4.69, 9.17) is 0 Å². The quantitative estimate of drug-likeness (QED) is 0.332. The third-order valence-corrected chi connectivity index (χ3v) is 6.78. The van der Waals surface area contributed by atoms with Gasteiger partial charge in [-0.25, -0.2) is 0 Å². The van der Waals surface area contributed by atoms with Crippen LogP contribution < -0.4 is 0 Å². The summed E-state index contributed by atoms with van der Waals surface area (Å²) in [6.45, 7) is 8.99. The van der Waals surface area contributed by atoms with Crippen LogP contribution in [0, 0.1) is 19.0 Å². The van der Waals surface area contributed by atoms with Crippen LogP contribution in [-0.2, 0) is 6.42 Å². The lowest BCUT2D eigenvalue weighted by molar-refractivity contribution is 0.350. The van der Waals surface area contributed by atoms with Crippen molar-refractivity contribution in [2.45, 2.75) is 59.8 Å². The number of phenols is 2. The predicted molar refractivity (Wildman–Crippen MR) is 115 cm³/mol. The van der Waals surface area contributed by atoms with Gasteiger partial charge in [0, 0.05) is 6.07 Å². The first-order chi connectivity index (χ1) is 10.8. The molecule has 0 fully saturated rings. The minimum absolute atomic E-state index is 0.168. The Kier molecular flexibility index (Phi) is 9.26. The van der Waals surface area contributed by atoms with Gasteiger partial charge in [-0.3, -0.25) is 0 Å². The molecular formula is C19H28I2O2. The topological polar surface area (TPSA) is 40.5 Å². The standard InChI is InChI=1S/C10H18.C9H10I2O2/c1-8(2)10-6-4-9(3)5-7-10;1-2-3-5-8(10)6(12)4-7(13)9(5)11/h4,8,10H,5-7H2,1-3H3;4,12-13H,2-3H2,1H3. The molecule has 23 heavy (non-hydrogen) atoms. The van der Waals surface area contributed by atoms with E-state index < -0.39 is 0 Å². The van der Waals surface area contributed by atoms with E-state index in [1.807, 2.05) is 0 Å². The first-order valence-corrected chi connectivity index (χ1v) is 10.5. The zero-order chi connectivity index (χ0) is 17.6. The Balaban J connectivity index is 0.000000238. The minimum atomic E-state index is 0.168. The first-order valence-electron chi connectivity index (χ1n) is 8.32. The van der Waals surface area contributed by atoms with Gasteiger partial charge in [0.05, 0.1) is 7.14 Å². The number of halogens is 2. The fraction of sp³-hybridized carbons (Fsp3) is 0.579. The molecule has 2 N–H and O–H groups in total. The summed E-state index contributed by atoms with van der Waals surface area (Å²) in [7, 11) is 0. The highest BCUT2D eigenvalue weighted by molar-refractivity contribution is 14.1. The van der Waals surface area contributed by atoms with E-state index in [9.17, 15) is 10.2 Å². The molecule has 1 aromatic carbocycles. The van der Waals surface area contributed by atoms with Gasteiger partial charge >= 0.3 is 0 Å². The van der Waals surface area contributed by atoms with E-state index in [-0.39, 0.29) is 11.5 Å². The maximum Gasteiger partial charge on any atom is 0.132 e. The molecule has 1 aromatic rings. The maximum atomic E-state index is 9.46. The number of aromatic hydroxyl groups is 2. The normalized spacial score (nSPS) is 17.5. The first kappa shape index (κ1) is 21.1. The highest BCUT2D eigenvalue weighted by Crippen LogP contribution is 2.34. The molecule has 2 nitrogen and oxygen atoms in total. The molecule has 0 saturated heterocycles. The van der Waals surface area contributed by atoms with Crippen molar-refractivity contribution in [1.29, 1.82) is 0 Å². The van der Waals surface area contributed by atoms with E-state index in [0.717, 1.165) is 37.4 Å². The maximum absolute atomic E-state index is 9.46. The molecular weight excluding hydrogens is 514 g/mol. The van der Waals surface area contributed by atoms with E-state index in [1.54, 1.807) is 5.57 Å². The van der Waals surface area contributed by atoms with Gasteiger partial charge in [-0.15, -0.1) is 0 Å². The highest BCUT2D eigenvalue weighted by Gasteiger charge is 2.15. The summed E-state index contributed by atoms with van der Waals surface area (Å²) in [6.07, 6.45) is 8.38. The van der Waals surface area contributed by atoms with Crippen molar-refractivity contribution in [3.05, 3.63) is 30.4 Å². The number of rotatable bonds is 3. The molecule has 0 amide bonds. The molecule has 1 aliphatic rings. The second kappa shape index (κ2) is 10.1. The largest absolute Gasteiger partial charge is 0.507 e. The Bertz CT molecular complexity index is 525. The summed E-state index contributed by atoms with van der Waals surface area (Å²) in [5.74, 6) is 2.18. The van der Waals surface area contributed by atoms with Crippen molar-refractivity contribution < 1.29 is 10.2 Å². The van der Waals surface area contributed by atoms with E-state index in [0.29, 0.717) is 0 Å². The molecule has 0 radical (unpaired) electrons. The predicted octanol–water partition coefficient (Wildman–Crippen LogP) is 6.65. The fourth-order valence-corrected chi connectivity index (χ4v) is 4.63. The number of hydrogen-bond acceptors (Lipinski definition) is 2. The second-order valence-corrected chi connectivity index (χ2v) is 8.76. The third kappa shape index (κ3) is 6.44. The van der Waals surface area contributed by atoms with Crippen molar-refractivity contribution in [3.63, 3.8) is 0 Å². The summed E-state index contributed by atoms with van der Waals surface area (Å²) < 4.78 is 1.70. The summed E-state index contributed by atoms with van der Waals surface area (Å²) >= 11 is 4.21. The summed E-state index contributed by atoms with van der Waals surface area (Å²) in [6, 6.07) is 1.39. The Morgan fingerprint density at radius 1 is 1.17 bits per heavy atom. The molecule has 1 unspecified atom stereocenters. The van der Waals surface area contributed by atoms with Crippen LogP contribution in [0.25, 0.3) is 0 Å². The van der Waals surface area contributed by atoms with E-state index in [1.165, 1.54) is 25.3 Å². The zero-order valence-corrected chi connectivity index (χ0v) is 18.8. The summed E-state index contributed by atoms with van der Waals surface area (Å²) in [5.41, 5.74) is 2.64. The summed E-state index contributed by atoms with van der Waals surface area (Å²) in [5, 5.41) is 18.9. The lowest BCUT2D eigenvalue weighted by atomic mass is 9.83. The smallest absolute Gasteiger partial charge is 0.132 e. The van der Waals surface area contributed by atoms with Crippen LogP contribution >= 0.6 is 45.2 Å². The fourth-order valence-electron chi connectivity index (χ4n) is 2.72. The molecule has 1 aliphatic carbocycles. The SMILES string of the molecule is CC1=CCC(C(C)C)CC1.CCCc1c(I)c(O)cc(O)c1I. The number of benzene rings is 1. The zero-order valence-electron chi connectivity index (χ0n) is 14.5. The van der Waals surface area contributed by atoms with Crippen LogP contribution in [0.15, 0.2) is 17.7 Å². The van der Waals surface area contributed by atoms with Gasteiger partial charge in [0.15, 0.2) is 0 Å². The third-order valence-electron chi connectivity index (χ3n) is 4.37. The van der Waals surface area contributed by atoms with Crippen molar-refractivity contribution >= 4 is 45.2 Å². The molecule has 0 saturated carbocycles. The van der Waals surface area contributed by atoms with Gasteiger partial charge in [-0.1, -0.05) is 38.8 Å². The Morgan fingerprint density at radius 3 is 2.13 bits per heavy atom. The van der Waals surface area contributed by atoms with Crippen LogP contribution in [0.3, 0.4) is 0 Å². The number of hydrogen-bond donors (Lipinski definition) is 2. The minimum Gasteiger partial charge on any atom is -0.507 e. The number of allylic oxidation sites excluding steroid dienone is 2. The lowest BCUT2D eigenvalue weighted by Gasteiger charge is -2.23. The molecule has 0 aliphatic heterocycles. The highest BCUT2D eigenvalue weighted by atomic mass is 127. The monoisotopic (exact) mass is 542 g/mol. The van der Waals surface area contributed by atoms with E-state index in [2.05, 4.69) is 79.0 Å². The molecule has 0 aromatic heterocycles. The average Bonchev–Trinajstić information content (AvgIpc) is 2.51. The van der Waals surface area contributed by atoms with Crippen LogP contribution in [0.1, 0.15) is 58.9 Å². The molecule has 130 valence electrons. The van der Waals surface area contributed by atoms with Crippen LogP contribution in [-0.4, -0.2) is 10.2 Å². The van der Waals surface area contributed by atoms with Crippen LogP contribution in [0.2, 0.25) is 0 Å². The second-order valence-electron chi connectivity index (χ2n) is 6.60. The molecule has 1 atom stereocenters. The molecule has 0 bridgehead atoms. The summed E-state index contributed by atoms with van der Waals surface area (Å²) in [4.78, 5) is 0. The van der Waals surface area contributed by atoms with Crippen LogP contribution in [0.5, 0.6) is 11.5 Å². The number of phenolic OH excluding ortho intramolecular Hbond substituents is 2. The van der Waals surface area contributed by atoms with Gasteiger partial charge in [0.1, 0.15) is 11.5 Å². The van der Waals surface area contributed by atoms with Crippen LogP contribution in [0.4, 0.5) is 0 Å². The van der Waals surface area contributed by atoms with Crippen molar-refractivity contribution in [2.75, 3.05) is 0 Å². The van der Waals surface area contributed by atoms with Gasteiger partial charge in [0.2, 0.25) is 0 Å². The Morgan fingerprint density at radius 2 is 1.74 bits per heavy atom. The van der Waals surface area contributed by atoms with Gasteiger partial charge in [-0.2, -0.15) is 0 Å². The van der Waals surface area contributed by atoms with Crippen molar-refractivity contribution in [2.24, 2.45) is 11.8 Å². The Hall–Kier alpha value is 0.0200. The molecule has 0 spiro atoms. The average molecular weight is 542 g/mol. The van der Waals surface area contributed by atoms with Crippen molar-refractivity contribution in [1.82, 2.24) is 0 Å². The molecule has 0 heterocycles. The molecule has 4 heteroatoms. The van der Waals surface area contributed by atoms with Gasteiger partial charge in [-0.05, 0) is 95.2 Å². The van der Waals surface area contributed by atoms with E-state index >= 15 is 0 Å². The lowest BCUT2D eigenvalue weighted by Crippen LogP contribution is -2.10. The van der Waals surface area contributed by atoms with Gasteiger partial charge in [0.25, 0.3) is 0 Å². The van der Waals surface area contributed by atoms with Gasteiger partial charge < -0.3 is 10.2 Å². The molecule has 2 rings (SSSR count). The Labute approximate surface area is 168 Å².